The van der Waals surface area contributed by atoms with Gasteiger partial charge in [0.25, 0.3) is 0 Å². The summed E-state index contributed by atoms with van der Waals surface area (Å²) in [5.74, 6) is -0.508. The minimum absolute atomic E-state index is 0.0357. The van der Waals surface area contributed by atoms with Crippen LogP contribution in [-0.4, -0.2) is 52.6 Å². The van der Waals surface area contributed by atoms with Gasteiger partial charge in [0.2, 0.25) is 11.9 Å². The number of nitrogens with two attached hydrogens (primary N) is 1. The van der Waals surface area contributed by atoms with Crippen LogP contribution in [0.4, 0.5) is 16.2 Å². The first kappa shape index (κ1) is 15.8. The highest BCUT2D eigenvalue weighted by atomic mass is 19.1. The third-order valence-electron chi connectivity index (χ3n) is 4.62. The summed E-state index contributed by atoms with van der Waals surface area (Å²) in [6.45, 7) is 1.65. The van der Waals surface area contributed by atoms with Crippen molar-refractivity contribution < 1.29 is 13.9 Å². The van der Waals surface area contributed by atoms with Crippen LogP contribution < -0.4 is 10.6 Å². The lowest BCUT2D eigenvalue weighted by Crippen LogP contribution is -2.53. The molecule has 0 spiro atoms. The first-order chi connectivity index (χ1) is 12.1. The summed E-state index contributed by atoms with van der Waals surface area (Å²) >= 11 is 0. The van der Waals surface area contributed by atoms with E-state index in [-0.39, 0.29) is 30.5 Å². The predicted octanol–water partition coefficient (Wildman–Crippen LogP) is 0.814. The average molecular weight is 343 g/mol. The summed E-state index contributed by atoms with van der Waals surface area (Å²) in [5.41, 5.74) is 6.60. The monoisotopic (exact) mass is 343 g/mol. The zero-order valence-corrected chi connectivity index (χ0v) is 13.5. The SMILES string of the molecule is Nc1nc(N2C[C@@H]3[C@@H](C2)OCC(=O)N3Cc2ccccc2)ncc1F. The summed E-state index contributed by atoms with van der Waals surface area (Å²) < 4.78 is 19.0. The molecule has 8 heteroatoms. The molecule has 0 unspecified atom stereocenters. The van der Waals surface area contributed by atoms with Crippen molar-refractivity contribution in [2.24, 2.45) is 0 Å². The smallest absolute Gasteiger partial charge is 0.249 e. The highest BCUT2D eigenvalue weighted by molar-refractivity contribution is 5.79. The molecule has 25 heavy (non-hydrogen) atoms. The summed E-state index contributed by atoms with van der Waals surface area (Å²) in [6, 6.07) is 9.74. The second-order valence-corrected chi connectivity index (χ2v) is 6.23. The molecule has 3 heterocycles. The van der Waals surface area contributed by atoms with Gasteiger partial charge in [0.05, 0.1) is 18.3 Å². The largest absolute Gasteiger partial charge is 0.381 e. The molecule has 130 valence electrons. The molecule has 2 atom stereocenters. The second-order valence-electron chi connectivity index (χ2n) is 6.23. The lowest BCUT2D eigenvalue weighted by molar-refractivity contribution is -0.153. The van der Waals surface area contributed by atoms with Gasteiger partial charge >= 0.3 is 0 Å². The first-order valence-electron chi connectivity index (χ1n) is 8.10. The zero-order chi connectivity index (χ0) is 17.4. The molecule has 2 fully saturated rings. The molecule has 0 radical (unpaired) electrons. The Hall–Kier alpha value is -2.74. The number of nitrogen functional groups attached to an aromatic ring is 1. The Labute approximate surface area is 144 Å². The third kappa shape index (κ3) is 3.00. The summed E-state index contributed by atoms with van der Waals surface area (Å²) in [7, 11) is 0. The number of carbonyl (C=O) groups is 1. The highest BCUT2D eigenvalue weighted by Crippen LogP contribution is 2.27. The number of carbonyl (C=O) groups excluding carboxylic acids is 1. The Morgan fingerprint density at radius 1 is 1.28 bits per heavy atom. The van der Waals surface area contributed by atoms with Crippen molar-refractivity contribution >= 4 is 17.7 Å². The van der Waals surface area contributed by atoms with E-state index >= 15 is 0 Å². The minimum Gasteiger partial charge on any atom is -0.381 e. The van der Waals surface area contributed by atoms with Crippen molar-refractivity contribution in [1.82, 2.24) is 14.9 Å². The number of ether oxygens (including phenoxy) is 1. The van der Waals surface area contributed by atoms with E-state index in [1.54, 1.807) is 0 Å². The maximum Gasteiger partial charge on any atom is 0.249 e. The zero-order valence-electron chi connectivity index (χ0n) is 13.5. The molecule has 1 aromatic heterocycles. The fourth-order valence-electron chi connectivity index (χ4n) is 3.34. The predicted molar refractivity (Wildman–Crippen MR) is 89.1 cm³/mol. The van der Waals surface area contributed by atoms with Crippen LogP contribution in [0.2, 0.25) is 0 Å². The molecule has 2 saturated heterocycles. The summed E-state index contributed by atoms with van der Waals surface area (Å²) in [5, 5.41) is 0. The summed E-state index contributed by atoms with van der Waals surface area (Å²) in [6.07, 6.45) is 0.934. The first-order valence-corrected chi connectivity index (χ1v) is 8.10. The standard InChI is InChI=1S/C17H18FN5O2/c18-12-6-20-17(21-16(12)19)22-8-13-14(9-22)25-10-15(24)23(13)7-11-4-2-1-3-5-11/h1-6,13-14H,7-10H2,(H2,19,20,21)/t13-,14-/m1/s1. The van der Waals surface area contributed by atoms with E-state index in [0.29, 0.717) is 25.6 Å². The van der Waals surface area contributed by atoms with Crippen molar-refractivity contribution in [3.05, 3.63) is 47.9 Å². The van der Waals surface area contributed by atoms with Crippen molar-refractivity contribution in [3.8, 4) is 0 Å². The topological polar surface area (TPSA) is 84.6 Å². The van der Waals surface area contributed by atoms with Crippen LogP contribution in [0, 0.1) is 5.82 Å². The number of nitrogens with zero attached hydrogens (tertiary/aromatic N) is 4. The van der Waals surface area contributed by atoms with Crippen molar-refractivity contribution in [3.63, 3.8) is 0 Å². The average Bonchev–Trinajstić information content (AvgIpc) is 3.05. The fraction of sp³-hybridized carbons (Fsp3) is 0.353. The minimum atomic E-state index is -0.641. The number of rotatable bonds is 3. The third-order valence-corrected chi connectivity index (χ3v) is 4.62. The molecule has 2 aliphatic rings. The Kier molecular flexibility index (Phi) is 3.96. The van der Waals surface area contributed by atoms with E-state index in [2.05, 4.69) is 9.97 Å². The Balaban J connectivity index is 1.55. The van der Waals surface area contributed by atoms with Gasteiger partial charge in [0.15, 0.2) is 11.6 Å². The van der Waals surface area contributed by atoms with Gasteiger partial charge in [-0.05, 0) is 5.56 Å². The molecule has 7 nitrogen and oxygen atoms in total. The van der Waals surface area contributed by atoms with Gasteiger partial charge in [0, 0.05) is 19.6 Å². The molecule has 4 rings (SSSR count). The molecule has 2 aromatic rings. The van der Waals surface area contributed by atoms with Crippen molar-refractivity contribution in [1.29, 1.82) is 0 Å². The normalized spacial score (nSPS) is 23.0. The van der Waals surface area contributed by atoms with Gasteiger partial charge in [-0.15, -0.1) is 0 Å². The number of morpholine rings is 1. The van der Waals surface area contributed by atoms with Gasteiger partial charge < -0.3 is 20.3 Å². The van der Waals surface area contributed by atoms with Crippen molar-refractivity contribution in [2.75, 3.05) is 30.3 Å². The second kappa shape index (κ2) is 6.29. The fourth-order valence-corrected chi connectivity index (χ4v) is 3.34. The highest BCUT2D eigenvalue weighted by Gasteiger charge is 2.43. The number of hydrogen-bond donors (Lipinski definition) is 1. The van der Waals surface area contributed by atoms with E-state index in [4.69, 9.17) is 10.5 Å². The maximum absolute atomic E-state index is 13.3. The van der Waals surface area contributed by atoms with E-state index < -0.39 is 5.82 Å². The number of halogens is 1. The number of aromatic nitrogens is 2. The number of hydrogen-bond acceptors (Lipinski definition) is 6. The summed E-state index contributed by atoms with van der Waals surface area (Å²) in [4.78, 5) is 24.1. The number of anilines is 2. The molecular formula is C17H18FN5O2. The molecule has 1 aromatic carbocycles. The van der Waals surface area contributed by atoms with Gasteiger partial charge in [-0.2, -0.15) is 4.98 Å². The van der Waals surface area contributed by atoms with Crippen LogP contribution in [0.1, 0.15) is 5.56 Å². The van der Waals surface area contributed by atoms with Crippen molar-refractivity contribution in [2.45, 2.75) is 18.7 Å². The van der Waals surface area contributed by atoms with Gasteiger partial charge in [-0.3, -0.25) is 4.79 Å². The Morgan fingerprint density at radius 3 is 2.84 bits per heavy atom. The molecule has 2 N–H and O–H groups in total. The van der Waals surface area contributed by atoms with Crippen LogP contribution in [0.5, 0.6) is 0 Å². The lowest BCUT2D eigenvalue weighted by Gasteiger charge is -2.36. The number of fused-ring (bicyclic) bond motifs is 1. The Bertz CT molecular complexity index is 788. The van der Waals surface area contributed by atoms with Crippen LogP contribution in [0.15, 0.2) is 36.5 Å². The lowest BCUT2D eigenvalue weighted by atomic mass is 10.1. The molecular weight excluding hydrogens is 325 g/mol. The van der Waals surface area contributed by atoms with Crippen LogP contribution in [-0.2, 0) is 16.1 Å². The molecule has 0 aliphatic carbocycles. The molecule has 2 aliphatic heterocycles. The van der Waals surface area contributed by atoms with E-state index in [1.807, 2.05) is 40.1 Å². The van der Waals surface area contributed by atoms with Gasteiger partial charge in [0.1, 0.15) is 6.61 Å². The molecule has 0 bridgehead atoms. The van der Waals surface area contributed by atoms with E-state index in [9.17, 15) is 9.18 Å². The Morgan fingerprint density at radius 2 is 2.08 bits per heavy atom. The molecule has 1 amide bonds. The maximum atomic E-state index is 13.3. The van der Waals surface area contributed by atoms with E-state index in [0.717, 1.165) is 11.8 Å². The quantitative estimate of drug-likeness (QED) is 0.888. The van der Waals surface area contributed by atoms with E-state index in [1.165, 1.54) is 0 Å². The van der Waals surface area contributed by atoms with Crippen LogP contribution in [0.3, 0.4) is 0 Å². The van der Waals surface area contributed by atoms with Crippen LogP contribution in [0.25, 0.3) is 0 Å². The van der Waals surface area contributed by atoms with Gasteiger partial charge in [-0.25, -0.2) is 9.37 Å². The number of amides is 1. The van der Waals surface area contributed by atoms with Gasteiger partial charge in [-0.1, -0.05) is 30.3 Å². The molecule has 0 saturated carbocycles. The van der Waals surface area contributed by atoms with Crippen LogP contribution >= 0.6 is 0 Å². The number of benzene rings is 1.